The summed E-state index contributed by atoms with van der Waals surface area (Å²) in [4.78, 5) is 3.84. The van der Waals surface area contributed by atoms with E-state index in [1.54, 1.807) is 0 Å². The largest absolute Gasteiger partial charge is 0.493 e. The number of rotatable bonds is 5. The molecule has 0 heterocycles. The number of hydrogen-bond acceptors (Lipinski definition) is 2. The molecule has 1 aliphatic rings. The standard InChI is InChI=1S/C13H14ClF3N2O/c14-6-12(18)19-10-3-9(13(15,16)17)4-11(5-10)20-7-8-1-2-8/h3-5,8H,1-2,6-7H2,(H2,18,19). The number of alkyl halides is 4. The van der Waals surface area contributed by atoms with Crippen LogP contribution in [0.25, 0.3) is 0 Å². The van der Waals surface area contributed by atoms with Gasteiger partial charge < -0.3 is 10.5 Å². The molecule has 2 rings (SSSR count). The van der Waals surface area contributed by atoms with Crippen molar-refractivity contribution >= 4 is 23.1 Å². The molecule has 0 radical (unpaired) electrons. The second kappa shape index (κ2) is 5.91. The molecule has 1 aromatic carbocycles. The van der Waals surface area contributed by atoms with Gasteiger partial charge in [-0.05, 0) is 30.9 Å². The van der Waals surface area contributed by atoms with Gasteiger partial charge in [-0.25, -0.2) is 4.99 Å². The van der Waals surface area contributed by atoms with Crippen molar-refractivity contribution in [3.8, 4) is 5.75 Å². The van der Waals surface area contributed by atoms with Crippen LogP contribution in [-0.2, 0) is 6.18 Å². The lowest BCUT2D eigenvalue weighted by molar-refractivity contribution is -0.137. The number of ether oxygens (including phenoxy) is 1. The molecule has 0 aromatic heterocycles. The molecule has 1 aliphatic carbocycles. The Hall–Kier alpha value is -1.43. The molecule has 3 nitrogen and oxygen atoms in total. The highest BCUT2D eigenvalue weighted by Gasteiger charge is 2.31. The van der Waals surface area contributed by atoms with Gasteiger partial charge in [-0.1, -0.05) is 0 Å². The van der Waals surface area contributed by atoms with Crippen molar-refractivity contribution in [2.45, 2.75) is 19.0 Å². The summed E-state index contributed by atoms with van der Waals surface area (Å²) in [5.74, 6) is 0.602. The molecular weight excluding hydrogens is 293 g/mol. The second-order valence-corrected chi connectivity index (χ2v) is 4.97. The summed E-state index contributed by atoms with van der Waals surface area (Å²) >= 11 is 5.47. The second-order valence-electron chi connectivity index (χ2n) is 4.70. The number of nitrogens with two attached hydrogens (primary N) is 1. The Kier molecular flexibility index (Phi) is 4.42. The van der Waals surface area contributed by atoms with Crippen molar-refractivity contribution < 1.29 is 17.9 Å². The minimum absolute atomic E-state index is 0.0471. The Morgan fingerprint density at radius 2 is 2.05 bits per heavy atom. The van der Waals surface area contributed by atoms with Gasteiger partial charge in [0, 0.05) is 6.07 Å². The van der Waals surface area contributed by atoms with Crippen LogP contribution in [0.3, 0.4) is 0 Å². The fourth-order valence-corrected chi connectivity index (χ4v) is 1.65. The zero-order valence-corrected chi connectivity index (χ0v) is 11.3. The third-order valence-corrected chi connectivity index (χ3v) is 3.08. The number of benzene rings is 1. The van der Waals surface area contributed by atoms with Gasteiger partial charge in [-0.2, -0.15) is 13.2 Å². The maximum Gasteiger partial charge on any atom is 0.416 e. The Bertz CT molecular complexity index is 513. The first-order chi connectivity index (χ1) is 9.38. The molecule has 110 valence electrons. The lowest BCUT2D eigenvalue weighted by Crippen LogP contribution is -2.12. The van der Waals surface area contributed by atoms with E-state index in [2.05, 4.69) is 4.99 Å². The van der Waals surface area contributed by atoms with E-state index in [-0.39, 0.29) is 23.2 Å². The van der Waals surface area contributed by atoms with E-state index in [9.17, 15) is 13.2 Å². The summed E-state index contributed by atoms with van der Waals surface area (Å²) in [5.41, 5.74) is 4.72. The van der Waals surface area contributed by atoms with Gasteiger partial charge >= 0.3 is 6.18 Å². The zero-order valence-electron chi connectivity index (χ0n) is 10.6. The topological polar surface area (TPSA) is 47.6 Å². The fourth-order valence-electron chi connectivity index (χ4n) is 1.59. The first-order valence-corrected chi connectivity index (χ1v) is 6.66. The number of aliphatic imine (C=N–C) groups is 1. The minimum Gasteiger partial charge on any atom is -0.493 e. The van der Waals surface area contributed by atoms with Crippen molar-refractivity contribution in [2.75, 3.05) is 12.5 Å². The molecule has 2 N–H and O–H groups in total. The van der Waals surface area contributed by atoms with E-state index in [0.717, 1.165) is 25.0 Å². The van der Waals surface area contributed by atoms with Gasteiger partial charge in [0.15, 0.2) is 0 Å². The summed E-state index contributed by atoms with van der Waals surface area (Å²) in [6, 6.07) is 3.32. The maximum absolute atomic E-state index is 12.8. The molecule has 0 aliphatic heterocycles. The Morgan fingerprint density at radius 1 is 1.35 bits per heavy atom. The van der Waals surface area contributed by atoms with Crippen molar-refractivity contribution in [1.82, 2.24) is 0 Å². The molecule has 0 saturated heterocycles. The zero-order chi connectivity index (χ0) is 14.8. The molecule has 0 bridgehead atoms. The summed E-state index contributed by atoms with van der Waals surface area (Å²) in [6.45, 7) is 0.426. The molecule has 0 amide bonds. The van der Waals surface area contributed by atoms with E-state index in [1.807, 2.05) is 0 Å². The smallest absolute Gasteiger partial charge is 0.416 e. The van der Waals surface area contributed by atoms with E-state index in [4.69, 9.17) is 22.1 Å². The van der Waals surface area contributed by atoms with Crippen LogP contribution < -0.4 is 10.5 Å². The van der Waals surface area contributed by atoms with E-state index in [1.165, 1.54) is 6.07 Å². The SMILES string of the molecule is NC(CCl)=Nc1cc(OCC2CC2)cc(C(F)(F)F)c1. The number of halogens is 4. The Morgan fingerprint density at radius 3 is 2.60 bits per heavy atom. The summed E-state index contributed by atoms with van der Waals surface area (Å²) in [7, 11) is 0. The van der Waals surface area contributed by atoms with Gasteiger partial charge in [-0.15, -0.1) is 11.6 Å². The van der Waals surface area contributed by atoms with Crippen LogP contribution in [0.15, 0.2) is 23.2 Å². The first kappa shape index (κ1) is 15.0. The third kappa shape index (κ3) is 4.30. The molecule has 20 heavy (non-hydrogen) atoms. The fraction of sp³-hybridized carbons (Fsp3) is 0.462. The van der Waals surface area contributed by atoms with E-state index < -0.39 is 11.7 Å². The molecule has 0 atom stereocenters. The summed E-state index contributed by atoms with van der Waals surface area (Å²) in [5, 5.41) is 0. The molecule has 1 fully saturated rings. The normalized spacial score (nSPS) is 16.3. The van der Waals surface area contributed by atoms with Gasteiger partial charge in [-0.3, -0.25) is 0 Å². The number of amidine groups is 1. The Balaban J connectivity index is 2.27. The molecule has 1 saturated carbocycles. The molecule has 1 aromatic rings. The van der Waals surface area contributed by atoms with Gasteiger partial charge in [0.05, 0.1) is 23.7 Å². The maximum atomic E-state index is 12.8. The van der Waals surface area contributed by atoms with Crippen molar-refractivity contribution in [3.05, 3.63) is 23.8 Å². The van der Waals surface area contributed by atoms with Crippen molar-refractivity contribution in [3.63, 3.8) is 0 Å². The molecule has 7 heteroatoms. The van der Waals surface area contributed by atoms with Crippen LogP contribution in [0, 0.1) is 5.92 Å². The van der Waals surface area contributed by atoms with Crippen LogP contribution in [0.5, 0.6) is 5.75 Å². The van der Waals surface area contributed by atoms with Crippen LogP contribution in [0.1, 0.15) is 18.4 Å². The van der Waals surface area contributed by atoms with E-state index >= 15 is 0 Å². The highest BCUT2D eigenvalue weighted by molar-refractivity contribution is 6.28. The molecule has 0 unspecified atom stereocenters. The van der Waals surface area contributed by atoms with Gasteiger partial charge in [0.1, 0.15) is 11.6 Å². The molecule has 0 spiro atoms. The quantitative estimate of drug-likeness (QED) is 0.512. The average Bonchev–Trinajstić information content (AvgIpc) is 3.19. The van der Waals surface area contributed by atoms with Gasteiger partial charge in [0.25, 0.3) is 0 Å². The van der Waals surface area contributed by atoms with Crippen LogP contribution in [0.4, 0.5) is 18.9 Å². The first-order valence-electron chi connectivity index (χ1n) is 6.12. The Labute approximate surface area is 119 Å². The lowest BCUT2D eigenvalue weighted by atomic mass is 10.2. The number of hydrogen-bond donors (Lipinski definition) is 1. The summed E-state index contributed by atoms with van der Waals surface area (Å²) in [6.07, 6.45) is -2.34. The van der Waals surface area contributed by atoms with Crippen LogP contribution in [-0.4, -0.2) is 18.3 Å². The summed E-state index contributed by atoms with van der Waals surface area (Å²) < 4.78 is 43.8. The van der Waals surface area contributed by atoms with Crippen LogP contribution in [0.2, 0.25) is 0 Å². The van der Waals surface area contributed by atoms with E-state index in [0.29, 0.717) is 12.5 Å². The van der Waals surface area contributed by atoms with Gasteiger partial charge in [0.2, 0.25) is 0 Å². The lowest BCUT2D eigenvalue weighted by Gasteiger charge is -2.11. The predicted octanol–water partition coefficient (Wildman–Crippen LogP) is 3.72. The average molecular weight is 307 g/mol. The van der Waals surface area contributed by atoms with Crippen molar-refractivity contribution in [1.29, 1.82) is 0 Å². The highest BCUT2D eigenvalue weighted by Crippen LogP contribution is 2.36. The monoisotopic (exact) mass is 306 g/mol. The predicted molar refractivity (Wildman–Crippen MR) is 71.7 cm³/mol. The van der Waals surface area contributed by atoms with Crippen LogP contribution >= 0.6 is 11.6 Å². The highest BCUT2D eigenvalue weighted by atomic mass is 35.5. The molecular formula is C13H14ClF3N2O. The minimum atomic E-state index is -4.46. The van der Waals surface area contributed by atoms with Crippen molar-refractivity contribution in [2.24, 2.45) is 16.6 Å². The number of nitrogens with zero attached hydrogens (tertiary/aromatic N) is 1. The third-order valence-electron chi connectivity index (χ3n) is 2.81.